The smallest absolute Gasteiger partial charge is 0.328 e. The molecule has 0 aliphatic carbocycles. The summed E-state index contributed by atoms with van der Waals surface area (Å²) >= 11 is 0. The molecule has 0 atom stereocenters. The lowest BCUT2D eigenvalue weighted by molar-refractivity contribution is -0.120. The van der Waals surface area contributed by atoms with Gasteiger partial charge in [-0.05, 0) is 86.3 Å². The number of carbonyl (C=O) groups excluding carboxylic acids is 3. The van der Waals surface area contributed by atoms with Crippen molar-refractivity contribution in [2.45, 2.75) is 64.3 Å². The first-order valence-electron chi connectivity index (χ1n) is 19.8. The van der Waals surface area contributed by atoms with Crippen molar-refractivity contribution in [3.63, 3.8) is 0 Å². The number of urea groups is 1. The lowest BCUT2D eigenvalue weighted by atomic mass is 9.90. The predicted molar refractivity (Wildman–Crippen MR) is 217 cm³/mol. The molecule has 0 saturated carbocycles. The van der Waals surface area contributed by atoms with E-state index in [-0.39, 0.29) is 30.2 Å². The van der Waals surface area contributed by atoms with Crippen molar-refractivity contribution in [1.82, 2.24) is 45.8 Å². The van der Waals surface area contributed by atoms with Crippen LogP contribution in [-0.4, -0.2) is 85.8 Å². The topological polar surface area (TPSA) is 184 Å². The van der Waals surface area contributed by atoms with E-state index in [1.54, 1.807) is 23.2 Å². The first-order chi connectivity index (χ1) is 28.5. The number of halogens is 1. The molecule has 4 aromatic heterocycles. The Morgan fingerprint density at radius 3 is 2.51 bits per heavy atom. The number of H-pyrrole nitrogens is 1. The molecule has 2 aliphatic heterocycles. The molecule has 6 heterocycles. The minimum absolute atomic E-state index is 0.0577. The number of hydrogen-bond acceptors (Lipinski definition) is 11. The van der Waals surface area contributed by atoms with Gasteiger partial charge in [0, 0.05) is 71.6 Å². The monoisotopic (exact) mass is 800 g/mol. The van der Waals surface area contributed by atoms with Crippen molar-refractivity contribution in [3.05, 3.63) is 102 Å². The molecule has 8 rings (SSSR count). The highest BCUT2D eigenvalue weighted by Gasteiger charge is 2.26. The van der Waals surface area contributed by atoms with E-state index < -0.39 is 17.8 Å². The highest BCUT2D eigenvalue weighted by molar-refractivity contribution is 6.05. The maximum Gasteiger partial charge on any atom is 0.328 e. The van der Waals surface area contributed by atoms with Crippen molar-refractivity contribution in [2.24, 2.45) is 0 Å². The molecule has 0 bridgehead atoms. The summed E-state index contributed by atoms with van der Waals surface area (Å²) in [5, 5.41) is 16.9. The van der Waals surface area contributed by atoms with Gasteiger partial charge in [-0.25, -0.2) is 14.2 Å². The normalized spacial score (nSPS) is 15.4. The standard InChI is InChI=1S/C43H45FN10O5/c1-43(2,3)41-49-40(59-52-41)39(56)47-24-29-6-5-27(22-34(29)44)37-33-21-30(25-46-38(33)51-50-37)35-12-7-28(23-45-35)26-13-17-53(18-14-26)16-4-20-58-32-10-8-31(9-11-32)54-19-15-36(55)48-42(54)57/h5-12,21-23,25-26H,4,13-20,24H2,1-3H3,(H,47,56)(H,46,50,51)(H,48,55,57). The zero-order valence-electron chi connectivity index (χ0n) is 33.1. The number of amides is 4. The number of imide groups is 1. The highest BCUT2D eigenvalue weighted by Crippen LogP contribution is 2.32. The van der Waals surface area contributed by atoms with Gasteiger partial charge < -0.3 is 19.5 Å². The van der Waals surface area contributed by atoms with Crippen LogP contribution in [0.5, 0.6) is 5.75 Å². The van der Waals surface area contributed by atoms with Crippen LogP contribution < -0.4 is 20.3 Å². The number of aromatic nitrogens is 6. The Balaban J connectivity index is 0.816. The van der Waals surface area contributed by atoms with E-state index in [4.69, 9.17) is 14.2 Å². The van der Waals surface area contributed by atoms with E-state index in [2.05, 4.69) is 46.9 Å². The van der Waals surface area contributed by atoms with Crippen molar-refractivity contribution in [2.75, 3.05) is 37.7 Å². The van der Waals surface area contributed by atoms with Gasteiger partial charge in [-0.1, -0.05) is 44.1 Å². The van der Waals surface area contributed by atoms with Crippen molar-refractivity contribution in [3.8, 4) is 28.3 Å². The number of anilines is 1. The van der Waals surface area contributed by atoms with Crippen molar-refractivity contribution < 1.29 is 28.0 Å². The van der Waals surface area contributed by atoms with Crippen LogP contribution in [-0.2, 0) is 16.8 Å². The van der Waals surface area contributed by atoms with E-state index in [1.165, 1.54) is 11.6 Å². The zero-order valence-corrected chi connectivity index (χ0v) is 33.1. The summed E-state index contributed by atoms with van der Waals surface area (Å²) in [6, 6.07) is 17.9. The molecule has 304 valence electrons. The van der Waals surface area contributed by atoms with Crippen LogP contribution in [0.4, 0.5) is 14.9 Å². The van der Waals surface area contributed by atoms with E-state index in [9.17, 15) is 14.4 Å². The third kappa shape index (κ3) is 8.97. The minimum Gasteiger partial charge on any atom is -0.494 e. The highest BCUT2D eigenvalue weighted by atomic mass is 19.1. The summed E-state index contributed by atoms with van der Waals surface area (Å²) in [7, 11) is 0. The average molecular weight is 801 g/mol. The summed E-state index contributed by atoms with van der Waals surface area (Å²) in [5.74, 6) is 0.0965. The fourth-order valence-electron chi connectivity index (χ4n) is 7.30. The number of nitrogens with zero attached hydrogens (tertiary/aromatic N) is 7. The maximum atomic E-state index is 15.3. The molecular weight excluding hydrogens is 756 g/mol. The van der Waals surface area contributed by atoms with Gasteiger partial charge in [0.1, 0.15) is 11.6 Å². The molecule has 6 aromatic rings. The van der Waals surface area contributed by atoms with Gasteiger partial charge in [-0.2, -0.15) is 10.1 Å². The average Bonchev–Trinajstić information content (AvgIpc) is 3.91. The van der Waals surface area contributed by atoms with Gasteiger partial charge in [-0.3, -0.25) is 29.9 Å². The Labute approximate surface area is 339 Å². The number of ether oxygens (including phenoxy) is 1. The van der Waals surface area contributed by atoms with Crippen LogP contribution >= 0.6 is 0 Å². The Bertz CT molecular complexity index is 2470. The van der Waals surface area contributed by atoms with Crippen LogP contribution in [0.15, 0.2) is 77.6 Å². The Kier molecular flexibility index (Phi) is 11.1. The van der Waals surface area contributed by atoms with Gasteiger partial charge in [0.15, 0.2) is 11.5 Å². The molecule has 0 radical (unpaired) electrons. The Hall–Kier alpha value is -6.55. The van der Waals surface area contributed by atoms with Crippen LogP contribution in [0.2, 0.25) is 0 Å². The fourth-order valence-corrected chi connectivity index (χ4v) is 7.30. The van der Waals surface area contributed by atoms with Gasteiger partial charge in [0.25, 0.3) is 0 Å². The Morgan fingerprint density at radius 1 is 0.983 bits per heavy atom. The van der Waals surface area contributed by atoms with E-state index in [1.807, 2.05) is 63.4 Å². The molecule has 59 heavy (non-hydrogen) atoms. The number of piperidine rings is 1. The number of likely N-dealkylation sites (tertiary alicyclic amines) is 1. The number of hydrogen-bond donors (Lipinski definition) is 3. The molecule has 3 N–H and O–H groups in total. The van der Waals surface area contributed by atoms with Gasteiger partial charge in [-0.15, -0.1) is 0 Å². The molecule has 2 fully saturated rings. The number of pyridine rings is 2. The predicted octanol–water partition coefficient (Wildman–Crippen LogP) is 6.53. The second kappa shape index (κ2) is 16.7. The third-order valence-electron chi connectivity index (χ3n) is 10.7. The number of rotatable bonds is 12. The largest absolute Gasteiger partial charge is 0.494 e. The maximum absolute atomic E-state index is 15.3. The number of nitrogens with one attached hydrogen (secondary N) is 3. The summed E-state index contributed by atoms with van der Waals surface area (Å²) in [5.41, 5.74) is 5.19. The summed E-state index contributed by atoms with van der Waals surface area (Å²) in [4.78, 5) is 53.7. The Morgan fingerprint density at radius 2 is 1.80 bits per heavy atom. The molecule has 4 amide bonds. The van der Waals surface area contributed by atoms with E-state index in [0.29, 0.717) is 47.4 Å². The molecule has 0 unspecified atom stereocenters. The molecule has 15 nitrogen and oxygen atoms in total. The zero-order chi connectivity index (χ0) is 41.1. The van der Waals surface area contributed by atoms with Gasteiger partial charge >= 0.3 is 17.8 Å². The number of aromatic amines is 1. The van der Waals surface area contributed by atoms with E-state index >= 15 is 4.39 Å². The van der Waals surface area contributed by atoms with E-state index in [0.717, 1.165) is 67.0 Å². The number of carbonyl (C=O) groups is 3. The van der Waals surface area contributed by atoms with Gasteiger partial charge in [0.2, 0.25) is 5.91 Å². The summed E-state index contributed by atoms with van der Waals surface area (Å²) < 4.78 is 26.4. The molecule has 16 heteroatoms. The lowest BCUT2D eigenvalue weighted by Crippen LogP contribution is -2.49. The first-order valence-corrected chi connectivity index (χ1v) is 19.8. The van der Waals surface area contributed by atoms with Crippen LogP contribution in [0, 0.1) is 5.82 Å². The SMILES string of the molecule is CC(C)(C)c1noc(C(=O)NCc2ccc(-c3[nH]nc4ncc(-c5ccc(C6CCN(CCCOc7ccc(N8CCC(=O)NC8=O)cc7)CC6)cn5)cc34)cc2F)n1. The molecular formula is C43H45FN10O5. The number of benzene rings is 2. The summed E-state index contributed by atoms with van der Waals surface area (Å²) in [6.07, 6.45) is 6.98. The summed E-state index contributed by atoms with van der Waals surface area (Å²) in [6.45, 7) is 9.59. The van der Waals surface area contributed by atoms with Gasteiger partial charge in [0.05, 0.1) is 18.0 Å². The van der Waals surface area contributed by atoms with Crippen LogP contribution in [0.3, 0.4) is 0 Å². The molecule has 2 saturated heterocycles. The molecule has 2 aromatic carbocycles. The minimum atomic E-state index is -0.578. The molecule has 2 aliphatic rings. The second-order valence-electron chi connectivity index (χ2n) is 15.9. The number of fused-ring (bicyclic) bond motifs is 1. The quantitative estimate of drug-likeness (QED) is 0.114. The molecule has 0 spiro atoms. The lowest BCUT2D eigenvalue weighted by Gasteiger charge is -2.32. The first kappa shape index (κ1) is 39.3. The second-order valence-corrected chi connectivity index (χ2v) is 15.9. The van der Waals surface area contributed by atoms with Crippen molar-refractivity contribution >= 4 is 34.6 Å². The van der Waals surface area contributed by atoms with Crippen molar-refractivity contribution in [1.29, 1.82) is 0 Å². The fraction of sp³-hybridized carbons (Fsp3) is 0.349. The third-order valence-corrected chi connectivity index (χ3v) is 10.7. The van der Waals surface area contributed by atoms with Crippen LogP contribution in [0.1, 0.15) is 80.0 Å². The van der Waals surface area contributed by atoms with Crippen LogP contribution in [0.25, 0.3) is 33.5 Å².